The first kappa shape index (κ1) is 16.4. The Kier molecular flexibility index (Phi) is 6.40. The van der Waals surface area contributed by atoms with E-state index in [0.29, 0.717) is 11.6 Å². The molecule has 0 spiro atoms. The predicted octanol–water partition coefficient (Wildman–Crippen LogP) is 1.15. The first-order valence-electron chi connectivity index (χ1n) is 6.35. The maximum atomic E-state index is 11.7. The lowest BCUT2D eigenvalue weighted by molar-refractivity contribution is 0.0691. The van der Waals surface area contributed by atoms with Crippen molar-refractivity contribution in [3.63, 3.8) is 0 Å². The predicted molar refractivity (Wildman–Crippen MR) is 77.2 cm³/mol. The number of rotatable bonds is 7. The van der Waals surface area contributed by atoms with E-state index < -0.39 is 5.97 Å². The van der Waals surface area contributed by atoms with Crippen LogP contribution in [0.2, 0.25) is 0 Å². The van der Waals surface area contributed by atoms with Crippen molar-refractivity contribution in [2.75, 3.05) is 26.7 Å². The van der Waals surface area contributed by atoms with Crippen LogP contribution in [0.25, 0.3) is 0 Å². The zero-order valence-electron chi connectivity index (χ0n) is 11.8. The molecule has 0 aliphatic rings. The van der Waals surface area contributed by atoms with Gasteiger partial charge in [-0.15, -0.1) is 11.3 Å². The number of aromatic carboxylic acids is 1. The highest BCUT2D eigenvalue weighted by molar-refractivity contribution is 7.09. The summed E-state index contributed by atoms with van der Waals surface area (Å²) in [4.78, 5) is 28.4. The summed E-state index contributed by atoms with van der Waals surface area (Å²) in [5.74, 6) is -1.06. The molecule has 0 saturated carbocycles. The number of nitrogens with one attached hydrogen (secondary N) is 2. The molecule has 1 heterocycles. The molecule has 1 rings (SSSR count). The van der Waals surface area contributed by atoms with Gasteiger partial charge in [-0.3, -0.25) is 0 Å². The number of amides is 2. The molecular formula is C12H20N4O3S. The number of thiazole rings is 1. The van der Waals surface area contributed by atoms with Gasteiger partial charge >= 0.3 is 12.0 Å². The standard InChI is InChI=1S/C12H20N4O3S/c1-4-16(3)6-5-13-12(19)14-8(2)10-15-9(7-20-10)11(17)18/h7-8H,4-6H2,1-3H3,(H,17,18)(H2,13,14,19). The number of urea groups is 1. The number of carbonyl (C=O) groups is 2. The zero-order chi connectivity index (χ0) is 15.1. The molecule has 0 aromatic carbocycles. The topological polar surface area (TPSA) is 94.6 Å². The summed E-state index contributed by atoms with van der Waals surface area (Å²) >= 11 is 1.22. The number of carboxylic acids is 1. The van der Waals surface area contributed by atoms with Crippen LogP contribution in [0.1, 0.15) is 35.4 Å². The Morgan fingerprint density at radius 2 is 2.25 bits per heavy atom. The fraction of sp³-hybridized carbons (Fsp3) is 0.583. The van der Waals surface area contributed by atoms with Crippen LogP contribution in [0.5, 0.6) is 0 Å². The van der Waals surface area contributed by atoms with E-state index in [9.17, 15) is 9.59 Å². The highest BCUT2D eigenvalue weighted by atomic mass is 32.1. The van der Waals surface area contributed by atoms with Crippen LogP contribution in [0, 0.1) is 0 Å². The third-order valence-corrected chi connectivity index (χ3v) is 3.81. The largest absolute Gasteiger partial charge is 0.476 e. The number of carbonyl (C=O) groups excluding carboxylic acids is 1. The third kappa shape index (κ3) is 5.14. The molecule has 1 atom stereocenters. The first-order valence-corrected chi connectivity index (χ1v) is 7.23. The molecular weight excluding hydrogens is 280 g/mol. The van der Waals surface area contributed by atoms with Crippen LogP contribution >= 0.6 is 11.3 Å². The lowest BCUT2D eigenvalue weighted by Gasteiger charge is -2.16. The van der Waals surface area contributed by atoms with E-state index in [2.05, 4.69) is 20.5 Å². The van der Waals surface area contributed by atoms with E-state index >= 15 is 0 Å². The minimum absolute atomic E-state index is 0.00336. The van der Waals surface area contributed by atoms with Crippen LogP contribution in [-0.4, -0.2) is 53.7 Å². The van der Waals surface area contributed by atoms with Crippen LogP contribution in [-0.2, 0) is 0 Å². The van der Waals surface area contributed by atoms with Gasteiger partial charge in [-0.2, -0.15) is 0 Å². The van der Waals surface area contributed by atoms with E-state index in [1.165, 1.54) is 16.7 Å². The van der Waals surface area contributed by atoms with Crippen molar-refractivity contribution in [3.8, 4) is 0 Å². The van der Waals surface area contributed by atoms with E-state index in [1.54, 1.807) is 6.92 Å². The van der Waals surface area contributed by atoms with Crippen molar-refractivity contribution in [1.29, 1.82) is 0 Å². The molecule has 0 aliphatic carbocycles. The Balaban J connectivity index is 2.38. The Hall–Kier alpha value is -1.67. The lowest BCUT2D eigenvalue weighted by Crippen LogP contribution is -2.40. The quantitative estimate of drug-likeness (QED) is 0.702. The van der Waals surface area contributed by atoms with Crippen molar-refractivity contribution in [3.05, 3.63) is 16.1 Å². The summed E-state index contributed by atoms with van der Waals surface area (Å²) in [6, 6.07) is -0.605. The SMILES string of the molecule is CCN(C)CCNC(=O)NC(C)c1nc(C(=O)O)cs1. The van der Waals surface area contributed by atoms with Crippen molar-refractivity contribution in [2.45, 2.75) is 19.9 Å². The van der Waals surface area contributed by atoms with Crippen molar-refractivity contribution in [2.24, 2.45) is 0 Å². The maximum Gasteiger partial charge on any atom is 0.355 e. The van der Waals surface area contributed by atoms with Gasteiger partial charge in [-0.25, -0.2) is 14.6 Å². The number of nitrogens with zero attached hydrogens (tertiary/aromatic N) is 2. The van der Waals surface area contributed by atoms with Crippen LogP contribution in [0.15, 0.2) is 5.38 Å². The summed E-state index contributed by atoms with van der Waals surface area (Å²) in [5, 5.41) is 16.3. The number of likely N-dealkylation sites (N-methyl/N-ethyl adjacent to an activating group) is 1. The third-order valence-electron chi connectivity index (χ3n) is 2.78. The lowest BCUT2D eigenvalue weighted by atomic mass is 10.3. The van der Waals surface area contributed by atoms with Gasteiger partial charge < -0.3 is 20.6 Å². The molecule has 0 fully saturated rings. The normalized spacial score (nSPS) is 12.2. The van der Waals surface area contributed by atoms with Crippen molar-refractivity contribution in [1.82, 2.24) is 20.5 Å². The van der Waals surface area contributed by atoms with E-state index in [4.69, 9.17) is 5.11 Å². The highest BCUT2D eigenvalue weighted by Crippen LogP contribution is 2.17. The van der Waals surface area contributed by atoms with Crippen molar-refractivity contribution >= 4 is 23.3 Å². The average molecular weight is 300 g/mol. The second kappa shape index (κ2) is 7.81. The zero-order valence-corrected chi connectivity index (χ0v) is 12.7. The highest BCUT2D eigenvalue weighted by Gasteiger charge is 2.15. The van der Waals surface area contributed by atoms with E-state index in [1.807, 2.05) is 14.0 Å². The summed E-state index contributed by atoms with van der Waals surface area (Å²) in [6.07, 6.45) is 0. The first-order chi connectivity index (χ1) is 9.43. The summed E-state index contributed by atoms with van der Waals surface area (Å²) in [5.41, 5.74) is 0.00336. The second-order valence-corrected chi connectivity index (χ2v) is 5.28. The summed E-state index contributed by atoms with van der Waals surface area (Å²) in [6.45, 7) is 6.07. The molecule has 20 heavy (non-hydrogen) atoms. The fourth-order valence-electron chi connectivity index (χ4n) is 1.41. The van der Waals surface area contributed by atoms with Gasteiger partial charge in [0.1, 0.15) is 5.01 Å². The Morgan fingerprint density at radius 1 is 1.55 bits per heavy atom. The van der Waals surface area contributed by atoms with Gasteiger partial charge in [-0.05, 0) is 20.5 Å². The molecule has 0 aliphatic heterocycles. The smallest absolute Gasteiger partial charge is 0.355 e. The molecule has 0 radical (unpaired) electrons. The van der Waals surface area contributed by atoms with E-state index in [0.717, 1.165) is 13.1 Å². The van der Waals surface area contributed by atoms with Crippen molar-refractivity contribution < 1.29 is 14.7 Å². The second-order valence-electron chi connectivity index (χ2n) is 4.39. The van der Waals surface area contributed by atoms with Gasteiger partial charge in [0.15, 0.2) is 5.69 Å². The number of hydrogen-bond donors (Lipinski definition) is 3. The van der Waals surface area contributed by atoms with Gasteiger partial charge in [0.25, 0.3) is 0 Å². The molecule has 1 aromatic rings. The molecule has 0 bridgehead atoms. The summed E-state index contributed by atoms with van der Waals surface area (Å²) < 4.78 is 0. The molecule has 1 unspecified atom stereocenters. The Labute approximate surface area is 122 Å². The van der Waals surface area contributed by atoms with Crippen LogP contribution < -0.4 is 10.6 Å². The Bertz CT molecular complexity index is 463. The monoisotopic (exact) mass is 300 g/mol. The molecule has 0 saturated heterocycles. The molecule has 7 nitrogen and oxygen atoms in total. The van der Waals surface area contributed by atoms with Gasteiger partial charge in [0.2, 0.25) is 0 Å². The maximum absolute atomic E-state index is 11.7. The van der Waals surface area contributed by atoms with E-state index in [-0.39, 0.29) is 17.8 Å². The number of carboxylic acid groups (broad SMARTS) is 1. The van der Waals surface area contributed by atoms with Gasteiger partial charge in [0, 0.05) is 18.5 Å². The molecule has 2 amide bonds. The fourth-order valence-corrected chi connectivity index (χ4v) is 2.21. The van der Waals surface area contributed by atoms with Gasteiger partial charge in [-0.1, -0.05) is 6.92 Å². The summed E-state index contributed by atoms with van der Waals surface area (Å²) in [7, 11) is 1.98. The van der Waals surface area contributed by atoms with Gasteiger partial charge in [0.05, 0.1) is 6.04 Å². The van der Waals surface area contributed by atoms with Crippen LogP contribution in [0.4, 0.5) is 4.79 Å². The molecule has 1 aromatic heterocycles. The number of aromatic nitrogens is 1. The Morgan fingerprint density at radius 3 is 2.80 bits per heavy atom. The molecule has 3 N–H and O–H groups in total. The number of hydrogen-bond acceptors (Lipinski definition) is 5. The average Bonchev–Trinajstić information content (AvgIpc) is 2.88. The minimum atomic E-state index is -1.06. The molecule has 8 heteroatoms. The minimum Gasteiger partial charge on any atom is -0.476 e. The van der Waals surface area contributed by atoms with Crippen LogP contribution in [0.3, 0.4) is 0 Å². The molecule has 112 valence electrons.